The maximum atomic E-state index is 10.8. The van der Waals surface area contributed by atoms with Gasteiger partial charge in [0.1, 0.15) is 23.9 Å². The van der Waals surface area contributed by atoms with Gasteiger partial charge in [-0.1, -0.05) is 0 Å². The number of aromatic carboxylic acids is 1. The smallest absolute Gasteiger partial charge is 0.338 e. The molecular weight excluding hydrogens is 250 g/mol. The number of rotatable bonds is 3. The lowest BCUT2D eigenvalue weighted by molar-refractivity contribution is 0.0696. The molecule has 96 valence electrons. The monoisotopic (exact) mass is 259 g/mol. The Morgan fingerprint density at radius 3 is 3.00 bits per heavy atom. The van der Waals surface area contributed by atoms with Crippen molar-refractivity contribution in [2.75, 3.05) is 5.73 Å². The van der Waals surface area contributed by atoms with Crippen LogP contribution in [0.4, 0.5) is 5.82 Å². The van der Waals surface area contributed by atoms with Gasteiger partial charge in [0.05, 0.1) is 18.4 Å². The molecule has 0 saturated heterocycles. The minimum Gasteiger partial charge on any atom is -0.478 e. The zero-order chi connectivity index (χ0) is 13.4. The Labute approximate surface area is 106 Å². The minimum atomic E-state index is -1.03. The molecular formula is C11H9N5O3. The second-order valence-corrected chi connectivity index (χ2v) is 3.91. The van der Waals surface area contributed by atoms with Crippen molar-refractivity contribution in [1.29, 1.82) is 0 Å². The number of hydrogen-bond acceptors (Lipinski definition) is 6. The molecule has 0 atom stereocenters. The summed E-state index contributed by atoms with van der Waals surface area (Å²) in [6.45, 7) is 0.320. The predicted octanol–water partition coefficient (Wildman–Crippen LogP) is 0.748. The predicted molar refractivity (Wildman–Crippen MR) is 64.5 cm³/mol. The number of nitrogen functional groups attached to an aromatic ring is 1. The number of hydrogen-bond donors (Lipinski definition) is 2. The van der Waals surface area contributed by atoms with Gasteiger partial charge in [0, 0.05) is 0 Å². The van der Waals surface area contributed by atoms with Gasteiger partial charge in [-0.2, -0.15) is 0 Å². The zero-order valence-electron chi connectivity index (χ0n) is 9.65. The van der Waals surface area contributed by atoms with E-state index in [2.05, 4.69) is 15.0 Å². The molecule has 0 saturated carbocycles. The average Bonchev–Trinajstić information content (AvgIpc) is 2.98. The summed E-state index contributed by atoms with van der Waals surface area (Å²) >= 11 is 0. The largest absolute Gasteiger partial charge is 0.478 e. The molecule has 0 aliphatic carbocycles. The van der Waals surface area contributed by atoms with Crippen LogP contribution in [0.5, 0.6) is 0 Å². The SMILES string of the molecule is Nc1ncnc2c1ncn2Cc1cc(C(=O)O)co1. The van der Waals surface area contributed by atoms with Gasteiger partial charge in [-0.3, -0.25) is 0 Å². The maximum absolute atomic E-state index is 10.8. The van der Waals surface area contributed by atoms with Crippen LogP contribution in [-0.2, 0) is 6.54 Å². The van der Waals surface area contributed by atoms with Crippen molar-refractivity contribution < 1.29 is 14.3 Å². The highest BCUT2D eigenvalue weighted by molar-refractivity contribution is 5.87. The minimum absolute atomic E-state index is 0.105. The van der Waals surface area contributed by atoms with Gasteiger partial charge in [-0.25, -0.2) is 19.7 Å². The second-order valence-electron chi connectivity index (χ2n) is 3.91. The van der Waals surface area contributed by atoms with Crippen LogP contribution >= 0.6 is 0 Å². The molecule has 3 heterocycles. The standard InChI is InChI=1S/C11H9N5O3/c12-9-8-10(14-4-13-9)16(5-15-8)2-7-1-6(3-19-7)11(17)18/h1,3-5H,2H2,(H,17,18)(H2,12,13,14). The molecule has 0 aliphatic rings. The Bertz CT molecular complexity index is 761. The van der Waals surface area contributed by atoms with Crippen LogP contribution in [0.25, 0.3) is 11.2 Å². The van der Waals surface area contributed by atoms with Gasteiger partial charge in [-0.05, 0) is 6.07 Å². The molecule has 8 nitrogen and oxygen atoms in total. The van der Waals surface area contributed by atoms with E-state index in [1.165, 1.54) is 18.7 Å². The van der Waals surface area contributed by atoms with E-state index in [0.29, 0.717) is 29.3 Å². The number of carboxylic acids is 1. The van der Waals surface area contributed by atoms with Crippen molar-refractivity contribution in [3.05, 3.63) is 36.3 Å². The summed E-state index contributed by atoms with van der Waals surface area (Å²) < 4.78 is 6.88. The van der Waals surface area contributed by atoms with Crippen LogP contribution in [0.3, 0.4) is 0 Å². The molecule has 0 aromatic carbocycles. The third kappa shape index (κ3) is 1.88. The van der Waals surface area contributed by atoms with Crippen molar-refractivity contribution in [1.82, 2.24) is 19.5 Å². The summed E-state index contributed by atoms with van der Waals surface area (Å²) in [5.74, 6) is -0.236. The topological polar surface area (TPSA) is 120 Å². The van der Waals surface area contributed by atoms with Crippen LogP contribution in [0.15, 0.2) is 29.4 Å². The number of nitrogens with zero attached hydrogens (tertiary/aromatic N) is 4. The summed E-state index contributed by atoms with van der Waals surface area (Å²) in [7, 11) is 0. The molecule has 19 heavy (non-hydrogen) atoms. The van der Waals surface area contributed by atoms with Crippen molar-refractivity contribution in [2.24, 2.45) is 0 Å². The van der Waals surface area contributed by atoms with Crippen molar-refractivity contribution in [2.45, 2.75) is 6.54 Å². The quantitative estimate of drug-likeness (QED) is 0.711. The maximum Gasteiger partial charge on any atom is 0.338 e. The Kier molecular flexibility index (Phi) is 2.41. The summed E-state index contributed by atoms with van der Waals surface area (Å²) in [6.07, 6.45) is 4.10. The van der Waals surface area contributed by atoms with Crippen molar-refractivity contribution in [3.63, 3.8) is 0 Å². The van der Waals surface area contributed by atoms with E-state index in [4.69, 9.17) is 15.3 Å². The Morgan fingerprint density at radius 2 is 2.26 bits per heavy atom. The molecule has 0 radical (unpaired) electrons. The lowest BCUT2D eigenvalue weighted by atomic mass is 10.3. The lowest BCUT2D eigenvalue weighted by Gasteiger charge is -2.00. The van der Waals surface area contributed by atoms with E-state index in [9.17, 15) is 4.79 Å². The van der Waals surface area contributed by atoms with Crippen molar-refractivity contribution in [3.8, 4) is 0 Å². The second kappa shape index (κ2) is 4.09. The molecule has 3 aromatic heterocycles. The van der Waals surface area contributed by atoms with E-state index >= 15 is 0 Å². The number of carbonyl (C=O) groups is 1. The molecule has 3 N–H and O–H groups in total. The molecule has 0 spiro atoms. The Hall–Kier alpha value is -2.90. The van der Waals surface area contributed by atoms with Crippen LogP contribution < -0.4 is 5.73 Å². The first-order valence-electron chi connectivity index (χ1n) is 5.37. The molecule has 0 fully saturated rings. The molecule has 0 bridgehead atoms. The van der Waals surface area contributed by atoms with Gasteiger partial charge in [0.2, 0.25) is 0 Å². The number of furan rings is 1. The van der Waals surface area contributed by atoms with Gasteiger partial charge < -0.3 is 19.8 Å². The Balaban J connectivity index is 1.96. The fraction of sp³-hybridized carbons (Fsp3) is 0.0909. The first kappa shape index (κ1) is 11.2. The van der Waals surface area contributed by atoms with Gasteiger partial charge in [-0.15, -0.1) is 0 Å². The molecule has 3 rings (SSSR count). The van der Waals surface area contributed by atoms with E-state index in [1.807, 2.05) is 0 Å². The first-order chi connectivity index (χ1) is 9.15. The third-order valence-electron chi connectivity index (χ3n) is 2.66. The van der Waals surface area contributed by atoms with Crippen LogP contribution in [0, 0.1) is 0 Å². The number of imidazole rings is 1. The van der Waals surface area contributed by atoms with Crippen LogP contribution in [0.1, 0.15) is 16.1 Å². The fourth-order valence-electron chi connectivity index (χ4n) is 1.76. The van der Waals surface area contributed by atoms with E-state index in [1.54, 1.807) is 10.9 Å². The van der Waals surface area contributed by atoms with Crippen molar-refractivity contribution >= 4 is 23.0 Å². The fourth-order valence-corrected chi connectivity index (χ4v) is 1.76. The number of aromatic nitrogens is 4. The first-order valence-corrected chi connectivity index (χ1v) is 5.37. The van der Waals surface area contributed by atoms with Gasteiger partial charge in [0.15, 0.2) is 11.5 Å². The number of fused-ring (bicyclic) bond motifs is 1. The Morgan fingerprint density at radius 1 is 1.42 bits per heavy atom. The lowest BCUT2D eigenvalue weighted by Crippen LogP contribution is -2.00. The third-order valence-corrected chi connectivity index (χ3v) is 2.66. The molecule has 3 aromatic rings. The zero-order valence-corrected chi connectivity index (χ0v) is 9.65. The van der Waals surface area contributed by atoms with Crippen LogP contribution in [-0.4, -0.2) is 30.6 Å². The van der Waals surface area contributed by atoms with Gasteiger partial charge >= 0.3 is 5.97 Å². The molecule has 0 aliphatic heterocycles. The van der Waals surface area contributed by atoms with E-state index < -0.39 is 5.97 Å². The number of carboxylic acid groups (broad SMARTS) is 1. The summed E-state index contributed by atoms with van der Waals surface area (Å²) in [6, 6.07) is 1.46. The number of nitrogens with two attached hydrogens (primary N) is 1. The summed E-state index contributed by atoms with van der Waals surface area (Å²) in [5, 5.41) is 8.82. The van der Waals surface area contributed by atoms with Gasteiger partial charge in [0.25, 0.3) is 0 Å². The van der Waals surface area contributed by atoms with E-state index in [-0.39, 0.29) is 5.56 Å². The highest BCUT2D eigenvalue weighted by Gasteiger charge is 2.12. The molecule has 0 unspecified atom stereocenters. The van der Waals surface area contributed by atoms with E-state index in [0.717, 1.165) is 0 Å². The molecule has 8 heteroatoms. The normalized spacial score (nSPS) is 10.9. The highest BCUT2D eigenvalue weighted by atomic mass is 16.4. The summed E-state index contributed by atoms with van der Waals surface area (Å²) in [4.78, 5) is 22.8. The van der Waals surface area contributed by atoms with Crippen LogP contribution in [0.2, 0.25) is 0 Å². The average molecular weight is 259 g/mol. The number of anilines is 1. The molecule has 0 amide bonds. The highest BCUT2D eigenvalue weighted by Crippen LogP contribution is 2.16. The summed E-state index contributed by atoms with van der Waals surface area (Å²) in [5.41, 5.74) is 6.86.